The standard InChI is InChI=1S/C27H30N2O4/c1-3-5-6-10-17-29-23-19-21(28-24(30)16-13-20-11-8-7-9-12-20)14-15-22(23)25(31)26(27(29)32)33-18-4-2/h4,7-9,11-16,19,31H,2-3,5-6,10,17-18H2,1H3,(H,28,30)/b16-13+. The number of rotatable bonds is 11. The van der Waals surface area contributed by atoms with Gasteiger partial charge in [-0.15, -0.1) is 0 Å². The maximum Gasteiger partial charge on any atom is 0.297 e. The number of aromatic hydroxyl groups is 1. The third-order valence-electron chi connectivity index (χ3n) is 5.27. The summed E-state index contributed by atoms with van der Waals surface area (Å²) in [5.74, 6) is -0.575. The largest absolute Gasteiger partial charge is 0.504 e. The molecule has 3 aromatic rings. The van der Waals surface area contributed by atoms with Crippen LogP contribution >= 0.6 is 0 Å². The van der Waals surface area contributed by atoms with Gasteiger partial charge in [-0.1, -0.05) is 69.2 Å². The number of unbranched alkanes of at least 4 members (excludes halogenated alkanes) is 3. The smallest absolute Gasteiger partial charge is 0.297 e. The molecule has 172 valence electrons. The minimum Gasteiger partial charge on any atom is -0.504 e. The summed E-state index contributed by atoms with van der Waals surface area (Å²) in [5, 5.41) is 14.0. The van der Waals surface area contributed by atoms with Crippen LogP contribution in [-0.4, -0.2) is 22.2 Å². The first-order valence-electron chi connectivity index (χ1n) is 11.2. The van der Waals surface area contributed by atoms with Gasteiger partial charge in [-0.05, 0) is 36.3 Å². The lowest BCUT2D eigenvalue weighted by molar-refractivity contribution is -0.111. The second-order valence-corrected chi connectivity index (χ2v) is 7.76. The molecule has 6 nitrogen and oxygen atoms in total. The molecule has 0 aliphatic carbocycles. The topological polar surface area (TPSA) is 80.6 Å². The number of hydrogen-bond donors (Lipinski definition) is 2. The van der Waals surface area contributed by atoms with Crippen molar-refractivity contribution < 1.29 is 14.6 Å². The summed E-state index contributed by atoms with van der Waals surface area (Å²) in [6.45, 7) is 6.34. The van der Waals surface area contributed by atoms with Gasteiger partial charge in [-0.3, -0.25) is 9.59 Å². The number of pyridine rings is 1. The third kappa shape index (κ3) is 6.13. The lowest BCUT2D eigenvalue weighted by atomic mass is 10.1. The van der Waals surface area contributed by atoms with E-state index in [2.05, 4.69) is 18.8 Å². The van der Waals surface area contributed by atoms with Gasteiger partial charge >= 0.3 is 0 Å². The van der Waals surface area contributed by atoms with Crippen LogP contribution in [0.3, 0.4) is 0 Å². The van der Waals surface area contributed by atoms with Gasteiger partial charge in [-0.2, -0.15) is 0 Å². The van der Waals surface area contributed by atoms with Crippen molar-refractivity contribution in [3.63, 3.8) is 0 Å². The Kier molecular flexibility index (Phi) is 8.47. The molecule has 0 saturated carbocycles. The van der Waals surface area contributed by atoms with Gasteiger partial charge in [0.25, 0.3) is 5.56 Å². The molecular weight excluding hydrogens is 416 g/mol. The molecule has 2 N–H and O–H groups in total. The summed E-state index contributed by atoms with van der Waals surface area (Å²) in [5.41, 5.74) is 1.60. The molecule has 3 rings (SSSR count). The van der Waals surface area contributed by atoms with E-state index in [1.807, 2.05) is 30.3 Å². The molecule has 0 atom stereocenters. The molecule has 0 fully saturated rings. The van der Waals surface area contributed by atoms with Crippen molar-refractivity contribution in [3.05, 3.63) is 83.2 Å². The van der Waals surface area contributed by atoms with Crippen LogP contribution in [0.25, 0.3) is 17.0 Å². The first kappa shape index (κ1) is 23.9. The SMILES string of the molecule is C=CCOc1c(O)c2ccc(NC(=O)/C=C/c3ccccc3)cc2n(CCCCCC)c1=O. The minimum atomic E-state index is -0.397. The molecule has 33 heavy (non-hydrogen) atoms. The number of nitrogens with one attached hydrogen (secondary N) is 1. The van der Waals surface area contributed by atoms with Crippen molar-refractivity contribution in [2.24, 2.45) is 0 Å². The molecule has 0 bridgehead atoms. The summed E-state index contributed by atoms with van der Waals surface area (Å²) in [6, 6.07) is 14.6. The highest BCUT2D eigenvalue weighted by Crippen LogP contribution is 2.33. The Bertz CT molecular complexity index is 1200. The number of anilines is 1. The Labute approximate surface area is 193 Å². The Morgan fingerprint density at radius 2 is 1.94 bits per heavy atom. The van der Waals surface area contributed by atoms with E-state index >= 15 is 0 Å². The highest BCUT2D eigenvalue weighted by molar-refractivity contribution is 6.03. The number of aromatic nitrogens is 1. The van der Waals surface area contributed by atoms with Crippen molar-refractivity contribution in [2.75, 3.05) is 11.9 Å². The molecule has 1 amide bonds. The van der Waals surface area contributed by atoms with Crippen LogP contribution in [0.5, 0.6) is 11.5 Å². The first-order chi connectivity index (χ1) is 16.0. The molecular formula is C27H30N2O4. The molecule has 0 radical (unpaired) electrons. The van der Waals surface area contributed by atoms with E-state index in [1.165, 1.54) is 12.2 Å². The molecule has 1 heterocycles. The molecule has 0 unspecified atom stereocenters. The van der Waals surface area contributed by atoms with E-state index in [1.54, 1.807) is 28.8 Å². The van der Waals surface area contributed by atoms with E-state index in [-0.39, 0.29) is 24.0 Å². The van der Waals surface area contributed by atoms with Crippen LogP contribution in [0, 0.1) is 0 Å². The number of fused-ring (bicyclic) bond motifs is 1. The zero-order valence-electron chi connectivity index (χ0n) is 18.9. The maximum absolute atomic E-state index is 13.1. The fourth-order valence-electron chi connectivity index (χ4n) is 3.60. The molecule has 6 heteroatoms. The normalized spacial score (nSPS) is 11.1. The maximum atomic E-state index is 13.1. The van der Waals surface area contributed by atoms with Crippen molar-refractivity contribution in [1.29, 1.82) is 0 Å². The molecule has 0 aliphatic heterocycles. The van der Waals surface area contributed by atoms with Gasteiger partial charge in [0.15, 0.2) is 5.75 Å². The molecule has 0 aliphatic rings. The van der Waals surface area contributed by atoms with Crippen molar-refractivity contribution in [3.8, 4) is 11.5 Å². The summed E-state index contributed by atoms with van der Waals surface area (Å²) < 4.78 is 7.09. The fourth-order valence-corrected chi connectivity index (χ4v) is 3.60. The van der Waals surface area contributed by atoms with Gasteiger partial charge in [-0.25, -0.2) is 0 Å². The van der Waals surface area contributed by atoms with Gasteiger partial charge < -0.3 is 19.7 Å². The van der Waals surface area contributed by atoms with E-state index in [0.717, 1.165) is 31.2 Å². The number of nitrogens with zero attached hydrogens (tertiary/aromatic N) is 1. The number of aryl methyl sites for hydroxylation is 1. The predicted molar refractivity (Wildman–Crippen MR) is 134 cm³/mol. The fraction of sp³-hybridized carbons (Fsp3) is 0.259. The molecule has 2 aromatic carbocycles. The third-order valence-corrected chi connectivity index (χ3v) is 5.27. The van der Waals surface area contributed by atoms with Gasteiger partial charge in [0.2, 0.25) is 11.7 Å². The second kappa shape index (κ2) is 11.7. The Morgan fingerprint density at radius 1 is 1.15 bits per heavy atom. The lowest BCUT2D eigenvalue weighted by Gasteiger charge is -2.16. The summed E-state index contributed by atoms with van der Waals surface area (Å²) >= 11 is 0. The average Bonchev–Trinajstić information content (AvgIpc) is 2.83. The van der Waals surface area contributed by atoms with E-state index in [0.29, 0.717) is 23.1 Å². The quantitative estimate of drug-likeness (QED) is 0.231. The predicted octanol–water partition coefficient (Wildman–Crippen LogP) is 5.50. The van der Waals surface area contributed by atoms with Crippen LogP contribution in [0.2, 0.25) is 0 Å². The van der Waals surface area contributed by atoms with Crippen LogP contribution < -0.4 is 15.6 Å². The number of hydrogen-bond acceptors (Lipinski definition) is 4. The molecule has 0 saturated heterocycles. The van der Waals surface area contributed by atoms with Gasteiger partial charge in [0, 0.05) is 23.7 Å². The summed E-state index contributed by atoms with van der Waals surface area (Å²) in [6.07, 6.45) is 8.71. The number of carbonyl (C=O) groups is 1. The zero-order valence-corrected chi connectivity index (χ0v) is 18.9. The van der Waals surface area contributed by atoms with E-state index < -0.39 is 5.56 Å². The molecule has 0 spiro atoms. The van der Waals surface area contributed by atoms with E-state index in [4.69, 9.17) is 4.74 Å². The zero-order chi connectivity index (χ0) is 23.6. The monoisotopic (exact) mass is 446 g/mol. The Hall–Kier alpha value is -3.80. The highest BCUT2D eigenvalue weighted by Gasteiger charge is 2.18. The number of carbonyl (C=O) groups excluding carboxylic acids is 1. The first-order valence-corrected chi connectivity index (χ1v) is 11.2. The van der Waals surface area contributed by atoms with Crippen LogP contribution in [0.15, 0.2) is 72.1 Å². The van der Waals surface area contributed by atoms with E-state index in [9.17, 15) is 14.7 Å². The molecule has 1 aromatic heterocycles. The minimum absolute atomic E-state index is 0.0829. The number of ether oxygens (including phenoxy) is 1. The summed E-state index contributed by atoms with van der Waals surface area (Å²) in [4.78, 5) is 25.5. The number of benzene rings is 2. The van der Waals surface area contributed by atoms with Crippen LogP contribution in [-0.2, 0) is 11.3 Å². The highest BCUT2D eigenvalue weighted by atomic mass is 16.5. The lowest BCUT2D eigenvalue weighted by Crippen LogP contribution is -2.23. The number of amides is 1. The van der Waals surface area contributed by atoms with Crippen molar-refractivity contribution in [1.82, 2.24) is 4.57 Å². The average molecular weight is 447 g/mol. The van der Waals surface area contributed by atoms with Crippen molar-refractivity contribution >= 4 is 28.6 Å². The van der Waals surface area contributed by atoms with Crippen LogP contribution in [0.4, 0.5) is 5.69 Å². The second-order valence-electron chi connectivity index (χ2n) is 7.76. The Balaban J connectivity index is 1.93. The summed E-state index contributed by atoms with van der Waals surface area (Å²) in [7, 11) is 0. The van der Waals surface area contributed by atoms with Crippen LogP contribution in [0.1, 0.15) is 38.2 Å². The van der Waals surface area contributed by atoms with Crippen molar-refractivity contribution in [2.45, 2.75) is 39.2 Å². The van der Waals surface area contributed by atoms with Gasteiger partial charge in [0.1, 0.15) is 6.61 Å². The Morgan fingerprint density at radius 3 is 2.67 bits per heavy atom. The van der Waals surface area contributed by atoms with Gasteiger partial charge in [0.05, 0.1) is 5.52 Å².